The number of methoxy groups -OCH3 is 1. The van der Waals surface area contributed by atoms with Crippen molar-refractivity contribution in [2.45, 2.75) is 51.1 Å². The van der Waals surface area contributed by atoms with Crippen LogP contribution in [-0.4, -0.2) is 66.8 Å². The van der Waals surface area contributed by atoms with Crippen LogP contribution in [0.2, 0.25) is 0 Å². The standard InChI is InChI=1S/C25H32N2O6/c1-5-17-13-27(15(2)29)21-12-19(17)25(23(31)32-4,14-33-16(3)30)24(10-11-28)18-8-6-7-9-20(18)26-22(21)24/h5-9,19,21-22,26,28H,10-14H2,1-4H3/b17-5+. The maximum atomic E-state index is 13.9. The Hall–Kier alpha value is -2.87. The van der Waals surface area contributed by atoms with E-state index >= 15 is 0 Å². The van der Waals surface area contributed by atoms with Gasteiger partial charge in [-0.1, -0.05) is 29.8 Å². The SMILES string of the molecule is C/C=C1\CN(C(C)=O)C2CC1C(COC(C)=O)(C(=O)OC)C1(CCO)c3ccccc3NC21. The van der Waals surface area contributed by atoms with Gasteiger partial charge in [-0.25, -0.2) is 0 Å². The third-order valence-electron chi connectivity index (χ3n) is 8.04. The molecule has 1 saturated carbocycles. The molecule has 0 aromatic heterocycles. The Morgan fingerprint density at radius 2 is 2.00 bits per heavy atom. The monoisotopic (exact) mass is 456 g/mol. The number of piperidine rings is 1. The fourth-order valence-electron chi connectivity index (χ4n) is 6.82. The first kappa shape index (κ1) is 23.3. The molecule has 3 aliphatic rings. The first-order chi connectivity index (χ1) is 15.8. The van der Waals surface area contributed by atoms with Crippen LogP contribution in [0.15, 0.2) is 35.9 Å². The van der Waals surface area contributed by atoms with Crippen LogP contribution in [0.25, 0.3) is 0 Å². The molecule has 8 heteroatoms. The quantitative estimate of drug-likeness (QED) is 0.516. The minimum atomic E-state index is -1.28. The fourth-order valence-corrected chi connectivity index (χ4v) is 6.82. The van der Waals surface area contributed by atoms with Gasteiger partial charge in [0.1, 0.15) is 12.0 Å². The molecule has 5 unspecified atom stereocenters. The number of hydrogen-bond donors (Lipinski definition) is 2. The van der Waals surface area contributed by atoms with Crippen molar-refractivity contribution in [3.8, 4) is 0 Å². The molecule has 0 radical (unpaired) electrons. The summed E-state index contributed by atoms with van der Waals surface area (Å²) in [6, 6.07) is 7.14. The van der Waals surface area contributed by atoms with Crippen molar-refractivity contribution in [3.05, 3.63) is 41.5 Å². The van der Waals surface area contributed by atoms with E-state index in [0.29, 0.717) is 13.0 Å². The molecule has 1 aromatic rings. The molecule has 33 heavy (non-hydrogen) atoms. The lowest BCUT2D eigenvalue weighted by Crippen LogP contribution is -2.74. The number of benzene rings is 1. The Morgan fingerprint density at radius 1 is 1.27 bits per heavy atom. The van der Waals surface area contributed by atoms with E-state index in [0.717, 1.165) is 16.8 Å². The second-order valence-electron chi connectivity index (χ2n) is 9.22. The Kier molecular flexibility index (Phi) is 5.99. The van der Waals surface area contributed by atoms with Gasteiger partial charge in [0.2, 0.25) is 5.91 Å². The highest BCUT2D eigenvalue weighted by Gasteiger charge is 2.74. The Labute approximate surface area is 193 Å². The largest absolute Gasteiger partial charge is 0.468 e. The van der Waals surface area contributed by atoms with Crippen LogP contribution >= 0.6 is 0 Å². The summed E-state index contributed by atoms with van der Waals surface area (Å²) >= 11 is 0. The number of aliphatic hydroxyl groups excluding tert-OH is 1. The Morgan fingerprint density at radius 3 is 2.61 bits per heavy atom. The molecule has 2 bridgehead atoms. The Bertz CT molecular complexity index is 1010. The van der Waals surface area contributed by atoms with Gasteiger partial charge in [0, 0.05) is 44.0 Å². The van der Waals surface area contributed by atoms with Gasteiger partial charge in [-0.15, -0.1) is 0 Å². The number of fused-ring (bicyclic) bond motifs is 6. The van der Waals surface area contributed by atoms with E-state index in [4.69, 9.17) is 9.47 Å². The molecule has 5 atom stereocenters. The molecule has 1 saturated heterocycles. The maximum absolute atomic E-state index is 13.9. The summed E-state index contributed by atoms with van der Waals surface area (Å²) in [4.78, 5) is 40.4. The minimum Gasteiger partial charge on any atom is -0.468 e. The number of allylic oxidation sites excluding steroid dienone is 1. The summed E-state index contributed by atoms with van der Waals surface area (Å²) in [6.45, 7) is 4.82. The van der Waals surface area contributed by atoms with Gasteiger partial charge in [-0.3, -0.25) is 14.4 Å². The zero-order valence-electron chi connectivity index (χ0n) is 19.6. The van der Waals surface area contributed by atoms with E-state index in [-0.39, 0.29) is 43.5 Å². The molecule has 1 aromatic carbocycles. The molecule has 178 valence electrons. The van der Waals surface area contributed by atoms with E-state index in [1.165, 1.54) is 14.0 Å². The van der Waals surface area contributed by atoms with Crippen molar-refractivity contribution in [1.29, 1.82) is 0 Å². The lowest BCUT2D eigenvalue weighted by Gasteiger charge is -2.63. The molecular weight excluding hydrogens is 424 g/mol. The maximum Gasteiger partial charge on any atom is 0.316 e. The summed E-state index contributed by atoms with van der Waals surface area (Å²) < 4.78 is 11.0. The highest BCUT2D eigenvalue weighted by molar-refractivity contribution is 5.85. The molecule has 2 N–H and O–H groups in total. The van der Waals surface area contributed by atoms with E-state index < -0.39 is 22.8 Å². The third-order valence-corrected chi connectivity index (χ3v) is 8.04. The first-order valence-electron chi connectivity index (χ1n) is 11.4. The Balaban J connectivity index is 2.07. The van der Waals surface area contributed by atoms with Crippen molar-refractivity contribution in [2.75, 3.05) is 32.2 Å². The van der Waals surface area contributed by atoms with Gasteiger partial charge in [-0.05, 0) is 31.4 Å². The van der Waals surface area contributed by atoms with Crippen molar-refractivity contribution in [3.63, 3.8) is 0 Å². The lowest BCUT2D eigenvalue weighted by atomic mass is 9.44. The number of amides is 1. The number of nitrogens with one attached hydrogen (secondary N) is 1. The van der Waals surface area contributed by atoms with E-state index in [1.54, 1.807) is 6.92 Å². The number of rotatable bonds is 5. The van der Waals surface area contributed by atoms with E-state index in [2.05, 4.69) is 5.32 Å². The zero-order chi connectivity index (χ0) is 24.0. The van der Waals surface area contributed by atoms with Crippen molar-refractivity contribution >= 4 is 23.5 Å². The van der Waals surface area contributed by atoms with Crippen molar-refractivity contribution < 1.29 is 29.0 Å². The number of carbonyl (C=O) groups excluding carboxylic acids is 3. The summed E-state index contributed by atoms with van der Waals surface area (Å²) in [7, 11) is 1.35. The van der Waals surface area contributed by atoms with Crippen LogP contribution in [0.3, 0.4) is 0 Å². The summed E-state index contributed by atoms with van der Waals surface area (Å²) in [5.41, 5.74) is 0.417. The van der Waals surface area contributed by atoms with Crippen LogP contribution in [0.1, 0.15) is 39.2 Å². The number of hydrogen-bond acceptors (Lipinski definition) is 7. The van der Waals surface area contributed by atoms with Crippen LogP contribution < -0.4 is 5.32 Å². The molecule has 8 nitrogen and oxygen atoms in total. The molecular formula is C25H32N2O6. The van der Waals surface area contributed by atoms with Gasteiger partial charge in [0.05, 0.1) is 19.2 Å². The molecule has 2 fully saturated rings. The molecule has 1 amide bonds. The van der Waals surface area contributed by atoms with Crippen LogP contribution in [-0.2, 0) is 29.3 Å². The number of nitrogens with zero attached hydrogens (tertiary/aromatic N) is 1. The van der Waals surface area contributed by atoms with Gasteiger partial charge in [-0.2, -0.15) is 0 Å². The molecule has 2 aliphatic heterocycles. The summed E-state index contributed by atoms with van der Waals surface area (Å²) in [5, 5.41) is 13.9. The second kappa shape index (κ2) is 8.48. The average molecular weight is 457 g/mol. The number of aliphatic hydroxyl groups is 1. The van der Waals surface area contributed by atoms with Gasteiger partial charge in [0.25, 0.3) is 0 Å². The topological polar surface area (TPSA) is 105 Å². The molecule has 4 rings (SSSR count). The number of likely N-dealkylation sites (tertiary alicyclic amines) is 1. The number of anilines is 1. The normalized spacial score (nSPS) is 33.1. The van der Waals surface area contributed by atoms with Gasteiger partial charge in [0.15, 0.2) is 0 Å². The highest BCUT2D eigenvalue weighted by atomic mass is 16.5. The predicted octanol–water partition coefficient (Wildman–Crippen LogP) is 2.02. The third kappa shape index (κ3) is 3.10. The van der Waals surface area contributed by atoms with Crippen LogP contribution in [0.5, 0.6) is 0 Å². The van der Waals surface area contributed by atoms with Crippen LogP contribution in [0.4, 0.5) is 5.69 Å². The second-order valence-corrected chi connectivity index (χ2v) is 9.22. The average Bonchev–Trinajstić information content (AvgIpc) is 3.14. The van der Waals surface area contributed by atoms with E-state index in [1.807, 2.05) is 42.2 Å². The first-order valence-corrected chi connectivity index (χ1v) is 11.4. The van der Waals surface area contributed by atoms with E-state index in [9.17, 15) is 19.5 Å². The fraction of sp³-hybridized carbons (Fsp3) is 0.560. The number of ether oxygens (including phenoxy) is 2. The van der Waals surface area contributed by atoms with Crippen molar-refractivity contribution in [2.24, 2.45) is 11.3 Å². The lowest BCUT2D eigenvalue weighted by molar-refractivity contribution is -0.184. The molecule has 0 spiro atoms. The number of para-hydroxylation sites is 1. The highest BCUT2D eigenvalue weighted by Crippen LogP contribution is 2.65. The number of esters is 2. The predicted molar refractivity (Wildman–Crippen MR) is 121 cm³/mol. The zero-order valence-corrected chi connectivity index (χ0v) is 19.6. The summed E-state index contributed by atoms with van der Waals surface area (Å²) in [6.07, 6.45) is 2.71. The van der Waals surface area contributed by atoms with Gasteiger partial charge < -0.3 is 24.8 Å². The number of carbonyl (C=O) groups is 3. The summed E-state index contributed by atoms with van der Waals surface area (Å²) in [5.74, 6) is -1.33. The molecule has 2 heterocycles. The molecule has 1 aliphatic carbocycles. The smallest absolute Gasteiger partial charge is 0.316 e. The van der Waals surface area contributed by atoms with Crippen LogP contribution in [0, 0.1) is 11.3 Å². The van der Waals surface area contributed by atoms with Crippen molar-refractivity contribution in [1.82, 2.24) is 4.90 Å². The minimum absolute atomic E-state index is 0.0426. The van der Waals surface area contributed by atoms with Gasteiger partial charge >= 0.3 is 11.9 Å².